The van der Waals surface area contributed by atoms with Gasteiger partial charge < -0.3 is 0 Å². The van der Waals surface area contributed by atoms with Crippen molar-refractivity contribution < 1.29 is 4.39 Å². The van der Waals surface area contributed by atoms with E-state index in [0.29, 0.717) is 0 Å². The van der Waals surface area contributed by atoms with Crippen LogP contribution in [0.5, 0.6) is 0 Å². The van der Waals surface area contributed by atoms with Crippen LogP contribution in [0.2, 0.25) is 0 Å². The topological polar surface area (TPSA) is 30.2 Å². The average Bonchev–Trinajstić information content (AvgIpc) is 2.58. The summed E-state index contributed by atoms with van der Waals surface area (Å²) in [6.07, 6.45) is 9.25. The first-order valence-electron chi connectivity index (χ1n) is 3.66. The van der Waals surface area contributed by atoms with Crippen LogP contribution in [0.3, 0.4) is 0 Å². The van der Waals surface area contributed by atoms with Crippen molar-refractivity contribution in [3.8, 4) is 0 Å². The fourth-order valence-corrected chi connectivity index (χ4v) is 1.13. The van der Waals surface area contributed by atoms with E-state index in [1.54, 1.807) is 24.7 Å². The van der Waals surface area contributed by atoms with Gasteiger partial charge in [0.15, 0.2) is 0 Å². The number of halogens is 1. The molecule has 0 amide bonds. The van der Waals surface area contributed by atoms with Crippen LogP contribution in [-0.2, 0) is 5.79 Å². The molecule has 1 aromatic rings. The van der Waals surface area contributed by atoms with Crippen molar-refractivity contribution in [2.45, 2.75) is 5.79 Å². The third kappa shape index (κ3) is 1.05. The van der Waals surface area contributed by atoms with Crippen LogP contribution in [0.4, 0.5) is 4.39 Å². The second-order valence-electron chi connectivity index (χ2n) is 2.64. The van der Waals surface area contributed by atoms with Gasteiger partial charge in [0, 0.05) is 18.6 Å². The van der Waals surface area contributed by atoms with E-state index in [1.807, 2.05) is 0 Å². The van der Waals surface area contributed by atoms with Crippen LogP contribution in [0.25, 0.3) is 0 Å². The van der Waals surface area contributed by atoms with Gasteiger partial charge >= 0.3 is 0 Å². The van der Waals surface area contributed by atoms with Crippen molar-refractivity contribution in [2.75, 3.05) is 6.54 Å². The molecule has 1 aliphatic heterocycles. The number of dihydropyridines is 1. The van der Waals surface area contributed by atoms with E-state index in [9.17, 15) is 4.39 Å². The van der Waals surface area contributed by atoms with Gasteiger partial charge in [0.2, 0.25) is 5.79 Å². The molecule has 12 heavy (non-hydrogen) atoms. The molecule has 3 nitrogen and oxygen atoms in total. The van der Waals surface area contributed by atoms with Crippen LogP contribution in [0.15, 0.2) is 35.9 Å². The summed E-state index contributed by atoms with van der Waals surface area (Å²) in [6.45, 7) is 0.125. The van der Waals surface area contributed by atoms with Crippen molar-refractivity contribution in [1.29, 1.82) is 0 Å². The highest BCUT2D eigenvalue weighted by Gasteiger charge is 2.28. The van der Waals surface area contributed by atoms with Gasteiger partial charge in [-0.1, -0.05) is 0 Å². The standard InChI is InChI=1S/C8H8FN3/c9-8(2-1-3-10-6-8)12-5-4-11-7-12/h1-5,7H,6H2. The zero-order chi connectivity index (χ0) is 8.44. The van der Waals surface area contributed by atoms with Gasteiger partial charge in [0.25, 0.3) is 0 Å². The Morgan fingerprint density at radius 2 is 2.42 bits per heavy atom. The summed E-state index contributed by atoms with van der Waals surface area (Å²) in [6, 6.07) is 0. The molecule has 0 saturated heterocycles. The number of aromatic nitrogens is 2. The molecule has 0 aliphatic carbocycles. The first kappa shape index (κ1) is 7.21. The Bertz CT molecular complexity index is 315. The smallest absolute Gasteiger partial charge is 0.226 e. The molecule has 1 aromatic heterocycles. The van der Waals surface area contributed by atoms with Crippen molar-refractivity contribution in [3.05, 3.63) is 30.9 Å². The molecule has 4 heteroatoms. The average molecular weight is 165 g/mol. The Morgan fingerprint density at radius 3 is 3.00 bits per heavy atom. The predicted molar refractivity (Wildman–Crippen MR) is 43.8 cm³/mol. The lowest BCUT2D eigenvalue weighted by atomic mass is 10.2. The molecule has 0 saturated carbocycles. The summed E-state index contributed by atoms with van der Waals surface area (Å²) in [5.74, 6) is -1.52. The summed E-state index contributed by atoms with van der Waals surface area (Å²) in [7, 11) is 0. The van der Waals surface area contributed by atoms with Gasteiger partial charge in [-0.15, -0.1) is 0 Å². The molecule has 0 radical (unpaired) electrons. The Hall–Kier alpha value is -1.45. The SMILES string of the molecule is FC1(n2ccnc2)C=CC=NC1. The van der Waals surface area contributed by atoms with E-state index in [-0.39, 0.29) is 6.54 Å². The molecule has 0 aromatic carbocycles. The maximum absolute atomic E-state index is 13.9. The molecule has 1 atom stereocenters. The fraction of sp³-hybridized carbons (Fsp3) is 0.250. The summed E-state index contributed by atoms with van der Waals surface area (Å²) < 4.78 is 15.3. The second-order valence-corrected chi connectivity index (χ2v) is 2.64. The van der Waals surface area contributed by atoms with E-state index in [0.717, 1.165) is 0 Å². The molecule has 0 N–H and O–H groups in total. The number of alkyl halides is 1. The first-order chi connectivity index (χ1) is 5.81. The van der Waals surface area contributed by atoms with E-state index < -0.39 is 5.79 Å². The lowest BCUT2D eigenvalue weighted by Gasteiger charge is -2.22. The molecule has 1 unspecified atom stereocenters. The van der Waals surface area contributed by atoms with Crippen molar-refractivity contribution >= 4 is 6.21 Å². The van der Waals surface area contributed by atoms with Crippen LogP contribution in [0.1, 0.15) is 0 Å². The van der Waals surface area contributed by atoms with Crippen LogP contribution >= 0.6 is 0 Å². The monoisotopic (exact) mass is 165 g/mol. The third-order valence-electron chi connectivity index (χ3n) is 1.79. The molecular formula is C8H8FN3. The summed E-state index contributed by atoms with van der Waals surface area (Å²) in [5.41, 5.74) is 0. The summed E-state index contributed by atoms with van der Waals surface area (Å²) in [4.78, 5) is 7.63. The van der Waals surface area contributed by atoms with Gasteiger partial charge in [0.05, 0.1) is 12.9 Å². The maximum atomic E-state index is 13.9. The van der Waals surface area contributed by atoms with Crippen LogP contribution in [-0.4, -0.2) is 22.3 Å². The number of imidazole rings is 1. The number of aliphatic imine (C=N–C) groups is 1. The molecule has 0 spiro atoms. The van der Waals surface area contributed by atoms with Crippen molar-refractivity contribution in [2.24, 2.45) is 4.99 Å². The number of allylic oxidation sites excluding steroid dienone is 1. The maximum Gasteiger partial charge on any atom is 0.226 e. The largest absolute Gasteiger partial charge is 0.299 e. The summed E-state index contributed by atoms with van der Waals surface area (Å²) in [5, 5.41) is 0. The number of hydrogen-bond donors (Lipinski definition) is 0. The van der Waals surface area contributed by atoms with E-state index in [4.69, 9.17) is 0 Å². The van der Waals surface area contributed by atoms with Gasteiger partial charge in [-0.3, -0.25) is 9.56 Å². The molecule has 0 fully saturated rings. The Kier molecular flexibility index (Phi) is 1.53. The minimum Gasteiger partial charge on any atom is -0.299 e. The van der Waals surface area contributed by atoms with E-state index in [2.05, 4.69) is 9.98 Å². The normalized spacial score (nSPS) is 27.8. The molecular weight excluding hydrogens is 157 g/mol. The number of rotatable bonds is 1. The minimum atomic E-state index is -1.52. The molecule has 2 rings (SSSR count). The molecule has 0 bridgehead atoms. The van der Waals surface area contributed by atoms with E-state index >= 15 is 0 Å². The van der Waals surface area contributed by atoms with E-state index in [1.165, 1.54) is 17.0 Å². The molecule has 1 aliphatic rings. The van der Waals surface area contributed by atoms with Crippen LogP contribution in [0, 0.1) is 0 Å². The van der Waals surface area contributed by atoms with Gasteiger partial charge in [-0.2, -0.15) is 0 Å². The van der Waals surface area contributed by atoms with Gasteiger partial charge in [-0.05, 0) is 12.2 Å². The first-order valence-corrected chi connectivity index (χ1v) is 3.66. The summed E-state index contributed by atoms with van der Waals surface area (Å²) >= 11 is 0. The quantitative estimate of drug-likeness (QED) is 0.613. The Labute approximate surface area is 69.3 Å². The Balaban J connectivity index is 2.34. The second kappa shape index (κ2) is 2.55. The Morgan fingerprint density at radius 1 is 1.50 bits per heavy atom. The van der Waals surface area contributed by atoms with Gasteiger partial charge in [0.1, 0.15) is 0 Å². The zero-order valence-corrected chi connectivity index (χ0v) is 6.39. The van der Waals surface area contributed by atoms with Crippen molar-refractivity contribution in [1.82, 2.24) is 9.55 Å². The highest BCUT2D eigenvalue weighted by molar-refractivity contribution is 5.72. The fourth-order valence-electron chi connectivity index (χ4n) is 1.13. The number of nitrogens with zero attached hydrogens (tertiary/aromatic N) is 3. The highest BCUT2D eigenvalue weighted by atomic mass is 19.1. The zero-order valence-electron chi connectivity index (χ0n) is 6.39. The van der Waals surface area contributed by atoms with Crippen molar-refractivity contribution in [3.63, 3.8) is 0 Å². The van der Waals surface area contributed by atoms with Crippen LogP contribution < -0.4 is 0 Å². The highest BCUT2D eigenvalue weighted by Crippen LogP contribution is 2.22. The lowest BCUT2D eigenvalue weighted by Crippen LogP contribution is -2.29. The molecule has 2 heterocycles. The molecule has 62 valence electrons. The lowest BCUT2D eigenvalue weighted by molar-refractivity contribution is 0.143. The predicted octanol–water partition coefficient (Wildman–Crippen LogP) is 1.15. The third-order valence-corrected chi connectivity index (χ3v) is 1.79. The number of hydrogen-bond acceptors (Lipinski definition) is 2. The van der Waals surface area contributed by atoms with Gasteiger partial charge in [-0.25, -0.2) is 9.37 Å². The minimum absolute atomic E-state index is 0.125.